The van der Waals surface area contributed by atoms with Crippen LogP contribution in [0.15, 0.2) is 55.1 Å². The third-order valence-electron chi connectivity index (χ3n) is 5.45. The van der Waals surface area contributed by atoms with Gasteiger partial charge in [-0.05, 0) is 64.3 Å². The number of benzene rings is 1. The standard InChI is InChI=1S/C14H16.C10H20N2O2.C5H7N2O3.C4H10.C3H9N.C2H6.Yb/c1-4-6-7-13(5-2)14-10-8-12(3)9-11-14;1-7(2)5-9(11-4)10(14)12-6-8(3)13;8-2-1-7-5(10)3-6-4-9;1-3-4-2;1-2-3-4;1-2;/h4-11H,2H2,1,3H3;7,9,11H,5-6H2,1-4H3,(H,12,14);2H,1,3H2,(H,6,9)(H,7,10);3-4H2,1-2H3;2-4H2,1H3;1-2H3;/q;;-1;;;;/b6-4-,13-7+;;;;;;. The largest absolute Gasteiger partial charge is 0.522 e. The minimum absolute atomic E-state index is 0. The summed E-state index contributed by atoms with van der Waals surface area (Å²) in [7, 11) is 1.75. The number of hydrogen-bond donors (Lipinski definition) is 5. The molecule has 0 saturated heterocycles. The van der Waals surface area contributed by atoms with Crippen LogP contribution in [0, 0.1) is 59.8 Å². The van der Waals surface area contributed by atoms with Crippen molar-refractivity contribution in [3.8, 4) is 0 Å². The maximum atomic E-state index is 11.5. The number of nitrogens with one attached hydrogen (secondary N) is 4. The Morgan fingerprint density at radius 2 is 1.51 bits per heavy atom. The summed E-state index contributed by atoms with van der Waals surface area (Å²) in [5.41, 5.74) is 8.68. The van der Waals surface area contributed by atoms with Gasteiger partial charge in [-0.15, -0.1) is 0 Å². The van der Waals surface area contributed by atoms with Crippen LogP contribution in [0.3, 0.4) is 0 Å². The molecule has 1 unspecified atom stereocenters. The Balaban J connectivity index is -0.000000124. The van der Waals surface area contributed by atoms with Crippen molar-refractivity contribution in [2.45, 2.75) is 101 Å². The van der Waals surface area contributed by atoms with E-state index in [-0.39, 0.29) is 84.3 Å². The number of amides is 3. The first kappa shape index (κ1) is 58.8. The second-order valence-electron chi connectivity index (χ2n) is 10.3. The molecule has 3 amide bonds. The molecular formula is C38H68N5O5Yb-. The van der Waals surface area contributed by atoms with Gasteiger partial charge in [0.2, 0.25) is 11.8 Å². The molecule has 0 radical (unpaired) electrons. The van der Waals surface area contributed by atoms with Crippen LogP contribution in [0.2, 0.25) is 0 Å². The smallest absolute Gasteiger partial charge is 0.237 e. The summed E-state index contributed by atoms with van der Waals surface area (Å²) in [6, 6.07) is 8.26. The molecule has 6 N–H and O–H groups in total. The quantitative estimate of drug-likeness (QED) is 0.0626. The Kier molecular flexibility index (Phi) is 57.3. The van der Waals surface area contributed by atoms with Crippen LogP contribution in [-0.2, 0) is 24.0 Å². The molecule has 11 heteroatoms. The van der Waals surface area contributed by atoms with Crippen molar-refractivity contribution in [2.75, 3.05) is 33.2 Å². The van der Waals surface area contributed by atoms with Crippen LogP contribution >= 0.6 is 0 Å². The van der Waals surface area contributed by atoms with E-state index in [1.54, 1.807) is 7.05 Å². The van der Waals surface area contributed by atoms with E-state index < -0.39 is 5.91 Å². The number of carbonyl (C=O) groups excluding carboxylic acids is 5. The Hall–Kier alpha value is -2.37. The Labute approximate surface area is 337 Å². The average molecular weight is 848 g/mol. The Morgan fingerprint density at radius 3 is 1.86 bits per heavy atom. The van der Waals surface area contributed by atoms with E-state index in [1.807, 2.05) is 44.3 Å². The number of rotatable bonds is 16. The van der Waals surface area contributed by atoms with E-state index in [2.05, 4.69) is 94.4 Å². The van der Waals surface area contributed by atoms with Crippen molar-refractivity contribution in [3.05, 3.63) is 66.3 Å². The molecule has 0 saturated carbocycles. The zero-order valence-corrected chi connectivity index (χ0v) is 33.8. The molecule has 1 aromatic rings. The molecule has 1 rings (SSSR count). The molecule has 0 aliphatic carbocycles. The Bertz CT molecular complexity index is 975. The molecular weight excluding hydrogens is 779 g/mol. The number of ketones is 1. The van der Waals surface area contributed by atoms with Gasteiger partial charge >= 0.3 is 0 Å². The third kappa shape index (κ3) is 47.8. The van der Waals surface area contributed by atoms with Crippen molar-refractivity contribution in [2.24, 2.45) is 11.7 Å². The maximum Gasteiger partial charge on any atom is 0.237 e. The number of unbranched alkanes of at least 4 members (excludes halogenated alkanes) is 1. The van der Waals surface area contributed by atoms with Gasteiger partial charge in [0.05, 0.1) is 25.7 Å². The number of Topliss-reactive ketones (excluding diaryl/α,β-unsaturated/α-hetero) is 1. The summed E-state index contributed by atoms with van der Waals surface area (Å²) in [5.74, 6) is -0.0832. The molecule has 0 aromatic heterocycles. The van der Waals surface area contributed by atoms with Crippen LogP contribution in [0.5, 0.6) is 0 Å². The molecule has 0 fully saturated rings. The van der Waals surface area contributed by atoms with E-state index in [0.29, 0.717) is 12.2 Å². The predicted molar refractivity (Wildman–Crippen MR) is 204 cm³/mol. The third-order valence-corrected chi connectivity index (χ3v) is 5.45. The molecule has 1 atom stereocenters. The second-order valence-corrected chi connectivity index (χ2v) is 10.3. The summed E-state index contributed by atoms with van der Waals surface area (Å²) >= 11 is 0. The zero-order chi connectivity index (χ0) is 38.2. The summed E-state index contributed by atoms with van der Waals surface area (Å²) < 4.78 is 0. The van der Waals surface area contributed by atoms with Crippen molar-refractivity contribution < 1.29 is 70.9 Å². The molecule has 0 bridgehead atoms. The second kappa shape index (κ2) is 47.7. The fourth-order valence-electron chi connectivity index (χ4n) is 2.72. The number of likely N-dealkylation sites (N-methyl/N-ethyl adjacent to an activating group) is 1. The van der Waals surface area contributed by atoms with Crippen LogP contribution in [0.25, 0.3) is 5.57 Å². The molecule has 49 heavy (non-hydrogen) atoms. The maximum absolute atomic E-state index is 11.5. The van der Waals surface area contributed by atoms with Gasteiger partial charge in [-0.25, -0.2) is 0 Å². The number of aryl methyl sites for hydroxylation is 1. The van der Waals surface area contributed by atoms with E-state index in [4.69, 9.17) is 5.73 Å². The Morgan fingerprint density at radius 1 is 0.980 bits per heavy atom. The normalized spacial score (nSPS) is 10.0. The molecule has 10 nitrogen and oxygen atoms in total. The molecule has 1 aromatic carbocycles. The van der Waals surface area contributed by atoms with Gasteiger partial charge < -0.3 is 36.6 Å². The number of nitrogens with two attached hydrogens (primary N) is 1. The molecule has 0 heterocycles. The summed E-state index contributed by atoms with van der Waals surface area (Å²) in [5, 5.41) is 9.76. The van der Waals surface area contributed by atoms with Crippen LogP contribution < -0.4 is 27.0 Å². The first-order chi connectivity index (χ1) is 22.9. The van der Waals surface area contributed by atoms with Crippen LogP contribution in [0.4, 0.5) is 0 Å². The number of aldehydes is 1. The molecule has 0 aliphatic rings. The number of hydrogen-bond acceptors (Lipinski definition) is 7. The molecule has 0 spiro atoms. The fraction of sp³-hybridized carbons (Fsp3) is 0.553. The van der Waals surface area contributed by atoms with Crippen molar-refractivity contribution in [3.63, 3.8) is 0 Å². The number of allylic oxidation sites excluding steroid dienone is 5. The summed E-state index contributed by atoms with van der Waals surface area (Å²) in [6.07, 6.45) is 14.4. The van der Waals surface area contributed by atoms with Gasteiger partial charge in [0.15, 0.2) is 0 Å². The van der Waals surface area contributed by atoms with Crippen molar-refractivity contribution in [1.82, 2.24) is 21.3 Å². The summed E-state index contributed by atoms with van der Waals surface area (Å²) in [4.78, 5) is 51.8. The first-order valence-corrected chi connectivity index (χ1v) is 16.9. The van der Waals surface area contributed by atoms with Crippen LogP contribution in [0.1, 0.15) is 99.1 Å². The molecule has 0 aliphatic heterocycles. The summed E-state index contributed by atoms with van der Waals surface area (Å²) in [6.45, 7) is 24.7. The fourth-order valence-corrected chi connectivity index (χ4v) is 2.72. The van der Waals surface area contributed by atoms with E-state index in [0.717, 1.165) is 25.0 Å². The van der Waals surface area contributed by atoms with Gasteiger partial charge in [-0.2, -0.15) is 6.41 Å². The van der Waals surface area contributed by atoms with Gasteiger partial charge in [0.1, 0.15) is 12.1 Å². The van der Waals surface area contributed by atoms with Crippen molar-refractivity contribution >= 4 is 35.9 Å². The monoisotopic (exact) mass is 848 g/mol. The average Bonchev–Trinajstić information content (AvgIpc) is 3.10. The zero-order valence-electron chi connectivity index (χ0n) is 32.1. The minimum Gasteiger partial charge on any atom is -0.522 e. The van der Waals surface area contributed by atoms with Gasteiger partial charge in [0.25, 0.3) is 0 Å². The minimum atomic E-state index is -0.407. The van der Waals surface area contributed by atoms with E-state index in [9.17, 15) is 24.0 Å². The van der Waals surface area contributed by atoms with Gasteiger partial charge in [-0.1, -0.05) is 122 Å². The first-order valence-electron chi connectivity index (χ1n) is 16.9. The van der Waals surface area contributed by atoms with Crippen LogP contribution in [-0.4, -0.2) is 69.6 Å². The van der Waals surface area contributed by atoms with Crippen molar-refractivity contribution in [1.29, 1.82) is 0 Å². The molecule has 290 valence electrons. The predicted octanol–water partition coefficient (Wildman–Crippen LogP) is 5.61. The SMILES string of the molecule is C=C/C(=C\C=C/C)c1ccc(C)cc1.CC.CCCC.CCCN.CNC(CC(C)C)C(=O)NCC(C)=O.O=[C-]NCC(=O)NCC=O.[Yb]. The van der Waals surface area contributed by atoms with Gasteiger partial charge in [0, 0.05) is 46.9 Å². The van der Waals surface area contributed by atoms with E-state index >= 15 is 0 Å². The van der Waals surface area contributed by atoms with Gasteiger partial charge in [-0.3, -0.25) is 14.4 Å². The van der Waals surface area contributed by atoms with E-state index in [1.165, 1.54) is 37.3 Å². The topological polar surface area (TPSA) is 159 Å². The number of carbonyl (C=O) groups is 4.